The van der Waals surface area contributed by atoms with Crippen molar-refractivity contribution in [3.63, 3.8) is 0 Å². The number of piperazine rings is 1. The van der Waals surface area contributed by atoms with Gasteiger partial charge in [0.05, 0.1) is 24.2 Å². The van der Waals surface area contributed by atoms with Crippen LogP contribution in [0.15, 0.2) is 41.7 Å². The molecule has 0 radical (unpaired) electrons. The van der Waals surface area contributed by atoms with Gasteiger partial charge in [0, 0.05) is 45.0 Å². The molecule has 1 aliphatic heterocycles. The maximum Gasteiger partial charge on any atom is 0.437 e. The van der Waals surface area contributed by atoms with Crippen LogP contribution in [0.1, 0.15) is 11.1 Å². The lowest BCUT2D eigenvalue weighted by Gasteiger charge is -2.37. The normalized spacial score (nSPS) is 13.8. The number of pyridine rings is 1. The van der Waals surface area contributed by atoms with Crippen LogP contribution in [-0.2, 0) is 22.7 Å². The summed E-state index contributed by atoms with van der Waals surface area (Å²) in [5.74, 6) is -0.831. The summed E-state index contributed by atoms with van der Waals surface area (Å²) in [5, 5.41) is 0. The second-order valence-electron chi connectivity index (χ2n) is 6.80. The van der Waals surface area contributed by atoms with E-state index < -0.39 is 17.9 Å². The number of carbonyl (C=O) groups is 1. The molecule has 30 heavy (non-hydrogen) atoms. The van der Waals surface area contributed by atoms with Gasteiger partial charge in [0.25, 0.3) is 0 Å². The highest BCUT2D eigenvalue weighted by Crippen LogP contribution is 2.26. The number of rotatable bonds is 6. The van der Waals surface area contributed by atoms with Gasteiger partial charge in [-0.1, -0.05) is 12.1 Å². The average molecular weight is 416 g/mol. The van der Waals surface area contributed by atoms with Gasteiger partial charge in [-0.3, -0.25) is 4.98 Å². The van der Waals surface area contributed by atoms with Crippen LogP contribution in [0.3, 0.4) is 0 Å². The van der Waals surface area contributed by atoms with E-state index in [1.54, 1.807) is 31.5 Å². The Hall–Kier alpha value is -3.40. The van der Waals surface area contributed by atoms with Gasteiger partial charge in [-0.15, -0.1) is 4.99 Å². The predicted octanol–water partition coefficient (Wildman–Crippen LogP) is 1.60. The highest BCUT2D eigenvalue weighted by Gasteiger charge is 2.21. The zero-order chi connectivity index (χ0) is 21.5. The van der Waals surface area contributed by atoms with Gasteiger partial charge in [0.15, 0.2) is 11.8 Å². The topological polar surface area (TPSA) is 119 Å². The van der Waals surface area contributed by atoms with E-state index in [4.69, 9.17) is 20.9 Å². The number of anilines is 2. The molecule has 4 N–H and O–H groups in total. The molecule has 1 aromatic heterocycles. The number of methoxy groups -OCH3 is 1. The van der Waals surface area contributed by atoms with Crippen molar-refractivity contribution in [2.24, 2.45) is 16.5 Å². The lowest BCUT2D eigenvalue weighted by Crippen LogP contribution is -2.47. The summed E-state index contributed by atoms with van der Waals surface area (Å²) in [4.78, 5) is 23.1. The molecular weight excluding hydrogens is 391 g/mol. The van der Waals surface area contributed by atoms with E-state index in [1.165, 1.54) is 0 Å². The maximum atomic E-state index is 15.0. The minimum Gasteiger partial charge on any atom is -0.443 e. The average Bonchev–Trinajstić information content (AvgIpc) is 2.73. The van der Waals surface area contributed by atoms with E-state index in [9.17, 15) is 9.18 Å². The molecule has 1 amide bonds. The van der Waals surface area contributed by atoms with E-state index in [0.717, 1.165) is 24.3 Å². The number of nitrogens with two attached hydrogens (primary N) is 2. The molecule has 0 bridgehead atoms. The van der Waals surface area contributed by atoms with Gasteiger partial charge < -0.3 is 30.7 Å². The van der Waals surface area contributed by atoms with Crippen LogP contribution in [0.2, 0.25) is 0 Å². The number of aliphatic imine (C=N–C) groups is 1. The molecule has 0 spiro atoms. The van der Waals surface area contributed by atoms with Crippen LogP contribution in [0.4, 0.5) is 20.6 Å². The van der Waals surface area contributed by atoms with Crippen LogP contribution >= 0.6 is 0 Å². The lowest BCUT2D eigenvalue weighted by atomic mass is 10.1. The molecule has 0 unspecified atom stereocenters. The van der Waals surface area contributed by atoms with Gasteiger partial charge in [-0.2, -0.15) is 0 Å². The molecule has 2 aromatic rings. The summed E-state index contributed by atoms with van der Waals surface area (Å²) in [6, 6.07) is 7.06. The molecule has 1 fully saturated rings. The quantitative estimate of drug-likeness (QED) is 0.538. The highest BCUT2D eigenvalue weighted by molar-refractivity contribution is 5.87. The van der Waals surface area contributed by atoms with Crippen LogP contribution in [0.25, 0.3) is 0 Å². The van der Waals surface area contributed by atoms with Gasteiger partial charge >= 0.3 is 6.09 Å². The van der Waals surface area contributed by atoms with E-state index in [-0.39, 0.29) is 12.2 Å². The fourth-order valence-corrected chi connectivity index (χ4v) is 3.30. The summed E-state index contributed by atoms with van der Waals surface area (Å²) in [6.07, 6.45) is 2.64. The molecule has 1 aromatic carbocycles. The van der Waals surface area contributed by atoms with E-state index in [2.05, 4.69) is 20.9 Å². The fourth-order valence-electron chi connectivity index (χ4n) is 3.30. The Bertz CT molecular complexity index is 911. The molecule has 0 aliphatic carbocycles. The Morgan fingerprint density at radius 2 is 1.90 bits per heavy atom. The number of carbonyl (C=O) groups excluding carboxylic acids is 1. The van der Waals surface area contributed by atoms with E-state index in [0.29, 0.717) is 25.4 Å². The largest absolute Gasteiger partial charge is 0.443 e. The number of ether oxygens (including phenoxy) is 2. The smallest absolute Gasteiger partial charge is 0.437 e. The van der Waals surface area contributed by atoms with Crippen molar-refractivity contribution in [2.75, 3.05) is 43.1 Å². The number of halogens is 1. The predicted molar refractivity (Wildman–Crippen MR) is 112 cm³/mol. The number of aromatic nitrogens is 1. The highest BCUT2D eigenvalue weighted by atomic mass is 19.1. The van der Waals surface area contributed by atoms with Crippen LogP contribution in [-0.4, -0.2) is 50.3 Å². The summed E-state index contributed by atoms with van der Waals surface area (Å²) in [6.45, 7) is 2.98. The van der Waals surface area contributed by atoms with Crippen LogP contribution in [0, 0.1) is 5.82 Å². The van der Waals surface area contributed by atoms with Crippen molar-refractivity contribution < 1.29 is 18.7 Å². The summed E-state index contributed by atoms with van der Waals surface area (Å²) in [5.41, 5.74) is 13.0. The number of guanidine groups is 1. The third kappa shape index (κ3) is 5.35. The Morgan fingerprint density at radius 1 is 1.17 bits per heavy atom. The minimum absolute atomic E-state index is 0.255. The van der Waals surface area contributed by atoms with Crippen molar-refractivity contribution in [3.05, 3.63) is 53.6 Å². The van der Waals surface area contributed by atoms with Crippen molar-refractivity contribution in [3.8, 4) is 0 Å². The molecule has 1 saturated heterocycles. The first-order valence-corrected chi connectivity index (χ1v) is 9.44. The molecule has 3 rings (SSSR count). The zero-order valence-electron chi connectivity index (χ0n) is 16.8. The Labute approximate surface area is 174 Å². The Morgan fingerprint density at radius 3 is 2.60 bits per heavy atom. The second-order valence-corrected chi connectivity index (χ2v) is 6.80. The van der Waals surface area contributed by atoms with Crippen molar-refractivity contribution in [1.82, 2.24) is 4.98 Å². The molecule has 1 aliphatic rings. The molecule has 2 heterocycles. The van der Waals surface area contributed by atoms with E-state index >= 15 is 0 Å². The van der Waals surface area contributed by atoms with Gasteiger partial charge in [0.1, 0.15) is 6.61 Å². The van der Waals surface area contributed by atoms with Gasteiger partial charge in [0.2, 0.25) is 0 Å². The maximum absolute atomic E-state index is 15.0. The molecule has 160 valence electrons. The zero-order valence-corrected chi connectivity index (χ0v) is 16.8. The number of hydrogen-bond donors (Lipinski definition) is 2. The van der Waals surface area contributed by atoms with Crippen LogP contribution in [0.5, 0.6) is 0 Å². The minimum atomic E-state index is -0.960. The summed E-state index contributed by atoms with van der Waals surface area (Å²) < 4.78 is 25.0. The third-order valence-corrected chi connectivity index (χ3v) is 4.71. The van der Waals surface area contributed by atoms with E-state index in [1.807, 2.05) is 11.1 Å². The lowest BCUT2D eigenvalue weighted by molar-refractivity contribution is 0.149. The molecule has 9 nitrogen and oxygen atoms in total. The summed E-state index contributed by atoms with van der Waals surface area (Å²) in [7, 11) is 1.65. The first-order valence-electron chi connectivity index (χ1n) is 9.44. The molecule has 0 saturated carbocycles. The van der Waals surface area contributed by atoms with Crippen LogP contribution < -0.4 is 21.3 Å². The van der Waals surface area contributed by atoms with Crippen molar-refractivity contribution in [2.45, 2.75) is 13.2 Å². The molecule has 0 atom stereocenters. The SMILES string of the molecule is COCc1cncc(N2CCN(c3cccc(COC(=O)N=C(N)N)c3F)CC2)c1. The van der Waals surface area contributed by atoms with Crippen molar-refractivity contribution in [1.29, 1.82) is 0 Å². The monoisotopic (exact) mass is 416 g/mol. The Balaban J connectivity index is 1.63. The second kappa shape index (κ2) is 9.88. The number of amides is 1. The number of hydrogen-bond acceptors (Lipinski definition) is 6. The Kier molecular flexibility index (Phi) is 7.02. The van der Waals surface area contributed by atoms with Gasteiger partial charge in [-0.25, -0.2) is 9.18 Å². The first kappa shape index (κ1) is 21.3. The van der Waals surface area contributed by atoms with Crippen molar-refractivity contribution >= 4 is 23.4 Å². The molecular formula is C20H25FN6O3. The third-order valence-electron chi connectivity index (χ3n) is 4.71. The number of nitrogens with zero attached hydrogens (tertiary/aromatic N) is 4. The first-order chi connectivity index (χ1) is 14.5. The van der Waals surface area contributed by atoms with Gasteiger partial charge in [-0.05, 0) is 17.7 Å². The fraction of sp³-hybridized carbons (Fsp3) is 0.350. The molecule has 10 heteroatoms. The standard InChI is InChI=1S/C20H25FN6O3/c1-29-12-14-9-16(11-24-10-14)26-5-7-27(8-6-26)17-4-2-3-15(18(17)21)13-30-20(28)25-19(22)23/h2-4,9-11H,5-8,12-13H2,1H3,(H4,22,23,25,28). The number of benzene rings is 1. The summed E-state index contributed by atoms with van der Waals surface area (Å²) >= 11 is 0.